The van der Waals surface area contributed by atoms with Crippen molar-refractivity contribution in [1.82, 2.24) is 15.2 Å². The standard InChI is InChI=1S/C11H16N4O/c1-12-10-6-9(2-3-13-10)7-15-5-4-14-11(16)8-15/h2-3,6H,4-5,7-8H2,1H3,(H,12,13)(H,14,16). The molecule has 5 nitrogen and oxygen atoms in total. The minimum absolute atomic E-state index is 0.106. The number of hydrogen-bond donors (Lipinski definition) is 2. The third kappa shape index (κ3) is 2.70. The van der Waals surface area contributed by atoms with Gasteiger partial charge in [-0.3, -0.25) is 9.69 Å². The van der Waals surface area contributed by atoms with E-state index in [1.54, 1.807) is 6.20 Å². The van der Waals surface area contributed by atoms with E-state index >= 15 is 0 Å². The van der Waals surface area contributed by atoms with Crippen LogP contribution in [0, 0.1) is 0 Å². The van der Waals surface area contributed by atoms with Gasteiger partial charge >= 0.3 is 0 Å². The summed E-state index contributed by atoms with van der Waals surface area (Å²) in [5.41, 5.74) is 1.18. The van der Waals surface area contributed by atoms with Crippen molar-refractivity contribution in [3.05, 3.63) is 23.9 Å². The third-order valence-electron chi connectivity index (χ3n) is 2.60. The fourth-order valence-electron chi connectivity index (χ4n) is 1.79. The van der Waals surface area contributed by atoms with Crippen molar-refractivity contribution in [2.24, 2.45) is 0 Å². The molecule has 0 aliphatic carbocycles. The predicted molar refractivity (Wildman–Crippen MR) is 62.1 cm³/mol. The van der Waals surface area contributed by atoms with E-state index in [9.17, 15) is 4.79 Å². The average molecular weight is 220 g/mol. The van der Waals surface area contributed by atoms with Gasteiger partial charge in [0.1, 0.15) is 5.82 Å². The maximum absolute atomic E-state index is 11.2. The molecule has 1 aromatic heterocycles. The molecule has 0 bridgehead atoms. The van der Waals surface area contributed by atoms with Gasteiger partial charge in [0.05, 0.1) is 6.54 Å². The second-order valence-electron chi connectivity index (χ2n) is 3.86. The van der Waals surface area contributed by atoms with E-state index < -0.39 is 0 Å². The summed E-state index contributed by atoms with van der Waals surface area (Å²) < 4.78 is 0. The highest BCUT2D eigenvalue weighted by Crippen LogP contribution is 2.09. The molecule has 0 saturated carbocycles. The Balaban J connectivity index is 1.99. The molecule has 86 valence electrons. The Bertz CT molecular complexity index is 380. The number of rotatable bonds is 3. The van der Waals surface area contributed by atoms with E-state index in [4.69, 9.17) is 0 Å². The SMILES string of the molecule is CNc1cc(CN2CCNC(=O)C2)ccn1. The Hall–Kier alpha value is -1.62. The zero-order valence-electron chi connectivity index (χ0n) is 9.36. The van der Waals surface area contributed by atoms with Gasteiger partial charge in [-0.05, 0) is 17.7 Å². The highest BCUT2D eigenvalue weighted by molar-refractivity contribution is 5.78. The van der Waals surface area contributed by atoms with Crippen LogP contribution in [0.2, 0.25) is 0 Å². The van der Waals surface area contributed by atoms with Gasteiger partial charge in [0.2, 0.25) is 5.91 Å². The number of amides is 1. The van der Waals surface area contributed by atoms with Crippen molar-refractivity contribution in [2.75, 3.05) is 32.0 Å². The van der Waals surface area contributed by atoms with Crippen molar-refractivity contribution >= 4 is 11.7 Å². The molecule has 2 heterocycles. The summed E-state index contributed by atoms with van der Waals surface area (Å²) in [6.07, 6.45) is 1.78. The molecular weight excluding hydrogens is 204 g/mol. The zero-order valence-corrected chi connectivity index (χ0v) is 9.36. The highest BCUT2D eigenvalue weighted by atomic mass is 16.2. The van der Waals surface area contributed by atoms with Crippen LogP contribution in [0.5, 0.6) is 0 Å². The van der Waals surface area contributed by atoms with Crippen LogP contribution in [0.1, 0.15) is 5.56 Å². The van der Waals surface area contributed by atoms with Crippen LogP contribution in [-0.4, -0.2) is 42.5 Å². The van der Waals surface area contributed by atoms with Gasteiger partial charge in [0.15, 0.2) is 0 Å². The van der Waals surface area contributed by atoms with Crippen molar-refractivity contribution < 1.29 is 4.79 Å². The van der Waals surface area contributed by atoms with Gasteiger partial charge in [-0.15, -0.1) is 0 Å². The van der Waals surface area contributed by atoms with E-state index in [-0.39, 0.29) is 5.91 Å². The largest absolute Gasteiger partial charge is 0.373 e. The monoisotopic (exact) mass is 220 g/mol. The summed E-state index contributed by atoms with van der Waals surface area (Å²) in [5, 5.41) is 5.82. The topological polar surface area (TPSA) is 57.3 Å². The first-order valence-corrected chi connectivity index (χ1v) is 5.39. The number of hydrogen-bond acceptors (Lipinski definition) is 4. The van der Waals surface area contributed by atoms with Crippen LogP contribution in [0.15, 0.2) is 18.3 Å². The first-order chi connectivity index (χ1) is 7.78. The zero-order chi connectivity index (χ0) is 11.4. The van der Waals surface area contributed by atoms with E-state index in [1.165, 1.54) is 5.56 Å². The lowest BCUT2D eigenvalue weighted by atomic mass is 10.2. The molecule has 0 radical (unpaired) electrons. The molecule has 0 unspecified atom stereocenters. The van der Waals surface area contributed by atoms with Crippen LogP contribution >= 0.6 is 0 Å². The Kier molecular flexibility index (Phi) is 3.36. The summed E-state index contributed by atoms with van der Waals surface area (Å²) in [7, 11) is 1.85. The van der Waals surface area contributed by atoms with Crippen LogP contribution < -0.4 is 10.6 Å². The van der Waals surface area contributed by atoms with E-state index in [1.807, 2.05) is 19.2 Å². The number of nitrogens with one attached hydrogen (secondary N) is 2. The molecule has 1 amide bonds. The Morgan fingerprint density at radius 2 is 2.50 bits per heavy atom. The second kappa shape index (κ2) is 4.94. The van der Waals surface area contributed by atoms with Crippen LogP contribution in [0.3, 0.4) is 0 Å². The molecule has 16 heavy (non-hydrogen) atoms. The smallest absolute Gasteiger partial charge is 0.234 e. The number of pyridine rings is 1. The molecule has 1 aliphatic heterocycles. The van der Waals surface area contributed by atoms with Crippen molar-refractivity contribution in [2.45, 2.75) is 6.54 Å². The quantitative estimate of drug-likeness (QED) is 0.756. The van der Waals surface area contributed by atoms with E-state index in [0.29, 0.717) is 6.54 Å². The minimum Gasteiger partial charge on any atom is -0.373 e. The normalized spacial score (nSPS) is 16.9. The lowest BCUT2D eigenvalue weighted by Crippen LogP contribution is -2.47. The lowest BCUT2D eigenvalue weighted by Gasteiger charge is -2.26. The predicted octanol–water partition coefficient (Wildman–Crippen LogP) is 0.0551. The lowest BCUT2D eigenvalue weighted by molar-refractivity contribution is -0.124. The van der Waals surface area contributed by atoms with Crippen LogP contribution in [0.4, 0.5) is 5.82 Å². The Morgan fingerprint density at radius 3 is 3.25 bits per heavy atom. The molecule has 0 spiro atoms. The highest BCUT2D eigenvalue weighted by Gasteiger charge is 2.15. The molecule has 0 atom stereocenters. The van der Waals surface area contributed by atoms with Crippen molar-refractivity contribution in [1.29, 1.82) is 0 Å². The number of anilines is 1. The van der Waals surface area contributed by atoms with Gasteiger partial charge in [-0.25, -0.2) is 4.98 Å². The molecule has 5 heteroatoms. The number of piperazine rings is 1. The first-order valence-electron chi connectivity index (χ1n) is 5.39. The van der Waals surface area contributed by atoms with Crippen LogP contribution in [0.25, 0.3) is 0 Å². The summed E-state index contributed by atoms with van der Waals surface area (Å²) in [4.78, 5) is 17.5. The van der Waals surface area contributed by atoms with Gasteiger partial charge in [-0.2, -0.15) is 0 Å². The molecule has 0 aromatic carbocycles. The fraction of sp³-hybridized carbons (Fsp3) is 0.455. The molecule has 2 rings (SSSR count). The van der Waals surface area contributed by atoms with Crippen molar-refractivity contribution in [3.63, 3.8) is 0 Å². The molecule has 1 fully saturated rings. The number of aromatic nitrogens is 1. The van der Waals surface area contributed by atoms with Crippen molar-refractivity contribution in [3.8, 4) is 0 Å². The molecule has 1 saturated heterocycles. The summed E-state index contributed by atoms with van der Waals surface area (Å²) in [6, 6.07) is 3.99. The van der Waals surface area contributed by atoms with Gasteiger partial charge in [0, 0.05) is 32.9 Å². The van der Waals surface area contributed by atoms with E-state index in [0.717, 1.165) is 25.5 Å². The van der Waals surface area contributed by atoms with Gasteiger partial charge in [-0.1, -0.05) is 0 Å². The maximum Gasteiger partial charge on any atom is 0.234 e. The average Bonchev–Trinajstić information content (AvgIpc) is 2.29. The molecule has 1 aromatic rings. The van der Waals surface area contributed by atoms with Crippen LogP contribution in [-0.2, 0) is 11.3 Å². The first kappa shape index (κ1) is 10.9. The fourth-order valence-corrected chi connectivity index (χ4v) is 1.79. The number of carbonyl (C=O) groups excluding carboxylic acids is 1. The second-order valence-corrected chi connectivity index (χ2v) is 3.86. The summed E-state index contributed by atoms with van der Waals surface area (Å²) in [5.74, 6) is 0.966. The molecular formula is C11H16N4O. The Morgan fingerprint density at radius 1 is 1.62 bits per heavy atom. The number of nitrogens with zero attached hydrogens (tertiary/aromatic N) is 2. The molecule has 1 aliphatic rings. The number of carbonyl (C=O) groups is 1. The van der Waals surface area contributed by atoms with Gasteiger partial charge < -0.3 is 10.6 Å². The van der Waals surface area contributed by atoms with Gasteiger partial charge in [0.25, 0.3) is 0 Å². The maximum atomic E-state index is 11.2. The summed E-state index contributed by atoms with van der Waals surface area (Å²) >= 11 is 0. The molecule has 2 N–H and O–H groups in total. The minimum atomic E-state index is 0.106. The Labute approximate surface area is 94.9 Å². The summed E-state index contributed by atoms with van der Waals surface area (Å²) in [6.45, 7) is 2.92. The third-order valence-corrected chi connectivity index (χ3v) is 2.60. The van der Waals surface area contributed by atoms with E-state index in [2.05, 4.69) is 20.5 Å².